The zero-order valence-electron chi connectivity index (χ0n) is 16.5. The monoisotopic (exact) mass is 478 g/mol. The summed E-state index contributed by atoms with van der Waals surface area (Å²) in [5, 5.41) is 14.8. The lowest BCUT2D eigenvalue weighted by Gasteiger charge is -2.34. The van der Waals surface area contributed by atoms with Gasteiger partial charge in [0.05, 0.1) is 11.6 Å². The molecule has 0 bridgehead atoms. The summed E-state index contributed by atoms with van der Waals surface area (Å²) in [6, 6.07) is 15.7. The molecule has 1 aliphatic rings. The average Bonchev–Trinajstić information content (AvgIpc) is 2.75. The van der Waals surface area contributed by atoms with Crippen LogP contribution in [0.5, 0.6) is 5.75 Å². The lowest BCUT2D eigenvalue weighted by molar-refractivity contribution is -0.159. The van der Waals surface area contributed by atoms with E-state index < -0.39 is 11.9 Å². The number of carbonyl (C=O) groups is 3. The second-order valence-electron chi connectivity index (χ2n) is 6.51. The van der Waals surface area contributed by atoms with E-state index in [9.17, 15) is 4.79 Å². The summed E-state index contributed by atoms with van der Waals surface area (Å²) < 4.78 is 6.24. The Hall–Kier alpha value is -2.91. The second kappa shape index (κ2) is 11.3. The number of hydrogen-bond donors (Lipinski definition) is 2. The van der Waals surface area contributed by atoms with Gasteiger partial charge in [0.15, 0.2) is 0 Å². The Labute approximate surface area is 182 Å². The smallest absolute Gasteiger partial charge is 0.414 e. The number of hydrogen-bond acceptors (Lipinski definition) is 5. The number of piperazine rings is 1. The van der Waals surface area contributed by atoms with Crippen molar-refractivity contribution in [2.45, 2.75) is 6.54 Å². The maximum Gasteiger partial charge on any atom is 0.414 e. The van der Waals surface area contributed by atoms with Crippen molar-refractivity contribution in [3.63, 3.8) is 0 Å². The molecule has 0 atom stereocenters. The van der Waals surface area contributed by atoms with E-state index in [2.05, 4.69) is 33.0 Å². The van der Waals surface area contributed by atoms with Crippen LogP contribution in [-0.2, 0) is 16.1 Å². The molecule has 0 radical (unpaired) electrons. The van der Waals surface area contributed by atoms with E-state index in [0.29, 0.717) is 0 Å². The van der Waals surface area contributed by atoms with Crippen LogP contribution in [0, 0.1) is 0 Å². The standard InChI is InChI=1S/C19H21BrN2O2.C2H2O4/c1-24-18-8-7-15(13-17(18)20)14-21-9-11-22(12-10-21)19(23)16-5-3-2-4-6-16;3-1(4)2(5)6/h2-8,13H,9-12,14H2,1H3;(H,3,4)(H,5,6). The Morgan fingerprint density at radius 3 is 2.07 bits per heavy atom. The number of ether oxygens (including phenoxy) is 1. The van der Waals surface area contributed by atoms with Gasteiger partial charge in [0.25, 0.3) is 5.91 Å². The molecule has 9 heteroatoms. The zero-order chi connectivity index (χ0) is 22.1. The third-order valence-electron chi connectivity index (χ3n) is 4.49. The van der Waals surface area contributed by atoms with Crippen molar-refractivity contribution in [3.8, 4) is 5.75 Å². The maximum absolute atomic E-state index is 12.5. The Kier molecular flexibility index (Phi) is 8.82. The Balaban J connectivity index is 0.000000469. The van der Waals surface area contributed by atoms with E-state index in [-0.39, 0.29) is 5.91 Å². The van der Waals surface area contributed by atoms with Crippen molar-refractivity contribution in [1.82, 2.24) is 9.80 Å². The molecule has 8 nitrogen and oxygen atoms in total. The predicted octanol–water partition coefficient (Wildman–Crippen LogP) is 2.57. The van der Waals surface area contributed by atoms with Crippen molar-refractivity contribution in [2.75, 3.05) is 33.3 Å². The number of carboxylic acid groups (broad SMARTS) is 2. The summed E-state index contributed by atoms with van der Waals surface area (Å²) in [4.78, 5) is 35.0. The molecule has 2 aromatic rings. The van der Waals surface area contributed by atoms with E-state index >= 15 is 0 Å². The Morgan fingerprint density at radius 1 is 0.967 bits per heavy atom. The highest BCUT2D eigenvalue weighted by Crippen LogP contribution is 2.26. The van der Waals surface area contributed by atoms with Crippen LogP contribution in [0.1, 0.15) is 15.9 Å². The molecular formula is C21H23BrN2O6. The number of amides is 1. The third kappa shape index (κ3) is 6.85. The van der Waals surface area contributed by atoms with E-state index in [1.807, 2.05) is 41.3 Å². The first-order valence-corrected chi connectivity index (χ1v) is 9.96. The topological polar surface area (TPSA) is 107 Å². The van der Waals surface area contributed by atoms with Crippen LogP contribution in [0.25, 0.3) is 0 Å². The molecule has 1 heterocycles. The first kappa shape index (κ1) is 23.4. The third-order valence-corrected chi connectivity index (χ3v) is 5.11. The summed E-state index contributed by atoms with van der Waals surface area (Å²) in [6.07, 6.45) is 0. The van der Waals surface area contributed by atoms with Crippen LogP contribution in [-0.4, -0.2) is 71.1 Å². The summed E-state index contributed by atoms with van der Waals surface area (Å²) >= 11 is 3.53. The molecule has 2 aromatic carbocycles. The number of rotatable bonds is 4. The van der Waals surface area contributed by atoms with Gasteiger partial charge in [-0.1, -0.05) is 24.3 Å². The molecule has 1 fully saturated rings. The van der Waals surface area contributed by atoms with Gasteiger partial charge >= 0.3 is 11.9 Å². The van der Waals surface area contributed by atoms with Gasteiger partial charge in [-0.2, -0.15) is 0 Å². The van der Waals surface area contributed by atoms with Gasteiger partial charge in [-0.15, -0.1) is 0 Å². The minimum Gasteiger partial charge on any atom is -0.496 e. The van der Waals surface area contributed by atoms with Gasteiger partial charge in [-0.3, -0.25) is 9.69 Å². The van der Waals surface area contributed by atoms with Crippen LogP contribution >= 0.6 is 15.9 Å². The van der Waals surface area contributed by atoms with Crippen LogP contribution in [0.4, 0.5) is 0 Å². The minimum atomic E-state index is -1.82. The lowest BCUT2D eigenvalue weighted by Crippen LogP contribution is -2.48. The van der Waals surface area contributed by atoms with Gasteiger partial charge in [0.1, 0.15) is 5.75 Å². The van der Waals surface area contributed by atoms with Gasteiger partial charge in [0, 0.05) is 38.3 Å². The number of benzene rings is 2. The normalized spacial score (nSPS) is 13.7. The summed E-state index contributed by atoms with van der Waals surface area (Å²) in [5.41, 5.74) is 2.01. The van der Waals surface area contributed by atoms with Gasteiger partial charge in [-0.25, -0.2) is 9.59 Å². The number of methoxy groups -OCH3 is 1. The number of halogens is 1. The van der Waals surface area contributed by atoms with Crippen molar-refractivity contribution >= 4 is 33.8 Å². The van der Waals surface area contributed by atoms with Crippen molar-refractivity contribution in [1.29, 1.82) is 0 Å². The summed E-state index contributed by atoms with van der Waals surface area (Å²) in [6.45, 7) is 4.20. The Morgan fingerprint density at radius 2 is 1.57 bits per heavy atom. The van der Waals surface area contributed by atoms with Gasteiger partial charge in [0.2, 0.25) is 0 Å². The predicted molar refractivity (Wildman–Crippen MR) is 114 cm³/mol. The molecule has 30 heavy (non-hydrogen) atoms. The van der Waals surface area contributed by atoms with Crippen molar-refractivity contribution in [3.05, 3.63) is 64.1 Å². The number of nitrogens with zero attached hydrogens (tertiary/aromatic N) is 2. The second-order valence-corrected chi connectivity index (χ2v) is 7.37. The largest absolute Gasteiger partial charge is 0.496 e. The fraction of sp³-hybridized carbons (Fsp3) is 0.286. The van der Waals surface area contributed by atoms with Crippen LogP contribution in [0.3, 0.4) is 0 Å². The molecular weight excluding hydrogens is 456 g/mol. The molecule has 1 saturated heterocycles. The number of carbonyl (C=O) groups excluding carboxylic acids is 1. The van der Waals surface area contributed by atoms with E-state index in [0.717, 1.165) is 48.5 Å². The highest BCUT2D eigenvalue weighted by Gasteiger charge is 2.22. The molecule has 0 saturated carbocycles. The quantitative estimate of drug-likeness (QED) is 0.650. The molecule has 2 N–H and O–H groups in total. The minimum absolute atomic E-state index is 0.127. The molecule has 3 rings (SSSR count). The molecule has 0 spiro atoms. The van der Waals surface area contributed by atoms with E-state index in [1.165, 1.54) is 5.56 Å². The van der Waals surface area contributed by atoms with Crippen molar-refractivity contribution < 1.29 is 29.3 Å². The number of aliphatic carboxylic acids is 2. The molecule has 1 amide bonds. The first-order valence-electron chi connectivity index (χ1n) is 9.17. The highest BCUT2D eigenvalue weighted by atomic mass is 79.9. The SMILES string of the molecule is COc1ccc(CN2CCN(C(=O)c3ccccc3)CC2)cc1Br.O=C(O)C(=O)O. The fourth-order valence-electron chi connectivity index (χ4n) is 2.94. The first-order chi connectivity index (χ1) is 14.3. The molecule has 160 valence electrons. The van der Waals surface area contributed by atoms with Crippen LogP contribution in [0.15, 0.2) is 53.0 Å². The maximum atomic E-state index is 12.5. The molecule has 0 unspecified atom stereocenters. The average molecular weight is 479 g/mol. The zero-order valence-corrected chi connectivity index (χ0v) is 18.0. The molecule has 0 aliphatic carbocycles. The highest BCUT2D eigenvalue weighted by molar-refractivity contribution is 9.10. The summed E-state index contributed by atoms with van der Waals surface area (Å²) in [7, 11) is 1.67. The number of carboxylic acids is 2. The summed E-state index contributed by atoms with van der Waals surface area (Å²) in [5.74, 6) is -2.68. The molecule has 0 aromatic heterocycles. The lowest BCUT2D eigenvalue weighted by atomic mass is 10.1. The van der Waals surface area contributed by atoms with E-state index in [4.69, 9.17) is 24.5 Å². The fourth-order valence-corrected chi connectivity index (χ4v) is 3.53. The van der Waals surface area contributed by atoms with Crippen LogP contribution in [0.2, 0.25) is 0 Å². The van der Waals surface area contributed by atoms with E-state index in [1.54, 1.807) is 7.11 Å². The molecule has 1 aliphatic heterocycles. The Bertz CT molecular complexity index is 870. The van der Waals surface area contributed by atoms with Crippen LogP contribution < -0.4 is 4.74 Å². The van der Waals surface area contributed by atoms with Gasteiger partial charge < -0.3 is 19.8 Å². The van der Waals surface area contributed by atoms with Gasteiger partial charge in [-0.05, 0) is 45.8 Å². The van der Waals surface area contributed by atoms with Crippen molar-refractivity contribution in [2.24, 2.45) is 0 Å².